The molecule has 1 aliphatic rings. The first-order valence-corrected chi connectivity index (χ1v) is 13.3. The van der Waals surface area contributed by atoms with Crippen LogP contribution in [0.4, 0.5) is 5.00 Å². The summed E-state index contributed by atoms with van der Waals surface area (Å²) in [7, 11) is 0. The molecular formula is C28H30N4O3S. The Hall–Kier alpha value is -3.52. The van der Waals surface area contributed by atoms with Crippen molar-refractivity contribution < 1.29 is 14.3 Å². The predicted molar refractivity (Wildman–Crippen MR) is 142 cm³/mol. The monoisotopic (exact) mass is 502 g/mol. The summed E-state index contributed by atoms with van der Waals surface area (Å²) in [6.07, 6.45) is 4.41. The normalized spacial score (nSPS) is 13.9. The van der Waals surface area contributed by atoms with E-state index in [1.54, 1.807) is 10.7 Å². The highest BCUT2D eigenvalue weighted by molar-refractivity contribution is 7.17. The van der Waals surface area contributed by atoms with Gasteiger partial charge in [0.15, 0.2) is 5.65 Å². The SMILES string of the molecule is CC[C@@H](C)OC(=O)c1c(NC(=O)c2cc(C)nc3c2c(C)nn3-c2ccccc2)sc2c1CCCC2. The van der Waals surface area contributed by atoms with Crippen molar-refractivity contribution in [1.29, 1.82) is 0 Å². The Morgan fingerprint density at radius 3 is 2.67 bits per heavy atom. The number of ether oxygens (including phenoxy) is 1. The Bertz CT molecular complexity index is 1450. The van der Waals surface area contributed by atoms with Crippen molar-refractivity contribution in [2.45, 2.75) is 65.9 Å². The van der Waals surface area contributed by atoms with Crippen LogP contribution in [0.2, 0.25) is 0 Å². The predicted octanol–water partition coefficient (Wildman–Crippen LogP) is 6.19. The first-order valence-electron chi connectivity index (χ1n) is 12.5. The van der Waals surface area contributed by atoms with Gasteiger partial charge < -0.3 is 10.1 Å². The van der Waals surface area contributed by atoms with Gasteiger partial charge in [-0.1, -0.05) is 25.1 Å². The standard InChI is InChI=1S/C28H30N4O3S/c1-5-17(3)35-28(34)24-20-13-9-10-14-22(20)36-27(24)30-26(33)21-15-16(2)29-25-23(21)18(4)31-32(25)19-11-7-6-8-12-19/h6-8,11-12,15,17H,5,9-10,13-14H2,1-4H3,(H,30,33)/t17-/m1/s1. The molecule has 0 saturated carbocycles. The van der Waals surface area contributed by atoms with Crippen LogP contribution >= 0.6 is 11.3 Å². The second kappa shape index (κ2) is 9.85. The number of fused-ring (bicyclic) bond motifs is 2. The average molecular weight is 503 g/mol. The molecule has 7 nitrogen and oxygen atoms in total. The third-order valence-electron chi connectivity index (χ3n) is 6.67. The summed E-state index contributed by atoms with van der Waals surface area (Å²) in [4.78, 5) is 32.8. The Kier molecular flexibility index (Phi) is 6.62. The third-order valence-corrected chi connectivity index (χ3v) is 7.88. The van der Waals surface area contributed by atoms with Crippen molar-refractivity contribution in [3.63, 3.8) is 0 Å². The third kappa shape index (κ3) is 4.41. The number of carbonyl (C=O) groups excluding carboxylic acids is 2. The van der Waals surface area contributed by atoms with Gasteiger partial charge in [-0.05, 0) is 76.6 Å². The van der Waals surface area contributed by atoms with Gasteiger partial charge in [0.05, 0.1) is 34.0 Å². The van der Waals surface area contributed by atoms with E-state index in [4.69, 9.17) is 14.8 Å². The van der Waals surface area contributed by atoms with Crippen molar-refractivity contribution in [2.75, 3.05) is 5.32 Å². The van der Waals surface area contributed by atoms with Crippen LogP contribution in [0, 0.1) is 13.8 Å². The quantitative estimate of drug-likeness (QED) is 0.318. The molecule has 186 valence electrons. The lowest BCUT2D eigenvalue weighted by Crippen LogP contribution is -2.19. The maximum absolute atomic E-state index is 13.7. The van der Waals surface area contributed by atoms with E-state index in [0.717, 1.165) is 48.2 Å². The van der Waals surface area contributed by atoms with Crippen LogP contribution < -0.4 is 5.32 Å². The van der Waals surface area contributed by atoms with E-state index in [1.807, 2.05) is 58.0 Å². The molecular weight excluding hydrogens is 472 g/mol. The minimum Gasteiger partial charge on any atom is -0.459 e. The molecule has 0 radical (unpaired) electrons. The molecule has 36 heavy (non-hydrogen) atoms. The molecule has 0 fully saturated rings. The summed E-state index contributed by atoms with van der Waals surface area (Å²) in [5, 5.41) is 9.03. The maximum Gasteiger partial charge on any atom is 0.341 e. The number of hydrogen-bond acceptors (Lipinski definition) is 6. The van der Waals surface area contributed by atoms with Crippen LogP contribution in [-0.4, -0.2) is 32.7 Å². The second-order valence-electron chi connectivity index (χ2n) is 9.34. The van der Waals surface area contributed by atoms with Gasteiger partial charge in [-0.3, -0.25) is 4.79 Å². The molecule has 0 spiro atoms. The lowest BCUT2D eigenvalue weighted by atomic mass is 9.95. The topological polar surface area (TPSA) is 86.1 Å². The molecule has 5 rings (SSSR count). The number of esters is 1. The van der Waals surface area contributed by atoms with Crippen molar-refractivity contribution in [2.24, 2.45) is 0 Å². The highest BCUT2D eigenvalue weighted by Gasteiger charge is 2.29. The van der Waals surface area contributed by atoms with Crippen molar-refractivity contribution in [1.82, 2.24) is 14.8 Å². The fraction of sp³-hybridized carbons (Fsp3) is 0.357. The van der Waals surface area contributed by atoms with Gasteiger partial charge in [0.25, 0.3) is 5.91 Å². The number of hydrogen-bond donors (Lipinski definition) is 1. The lowest BCUT2D eigenvalue weighted by Gasteiger charge is -2.15. The molecule has 0 saturated heterocycles. The molecule has 1 atom stereocenters. The van der Waals surface area contributed by atoms with Gasteiger partial charge in [0.2, 0.25) is 0 Å². The summed E-state index contributed by atoms with van der Waals surface area (Å²) in [6, 6.07) is 11.5. The molecule has 0 bridgehead atoms. The van der Waals surface area contributed by atoms with E-state index in [-0.39, 0.29) is 18.0 Å². The van der Waals surface area contributed by atoms with Crippen molar-refractivity contribution >= 4 is 39.2 Å². The first-order chi connectivity index (χ1) is 17.4. The van der Waals surface area contributed by atoms with Crippen LogP contribution in [0.15, 0.2) is 36.4 Å². The van der Waals surface area contributed by atoms with Crippen molar-refractivity contribution in [3.8, 4) is 5.69 Å². The molecule has 1 amide bonds. The number of amides is 1. The van der Waals surface area contributed by atoms with Gasteiger partial charge in [0.1, 0.15) is 5.00 Å². The van der Waals surface area contributed by atoms with Gasteiger partial charge >= 0.3 is 5.97 Å². The number of para-hydroxylation sites is 1. The Morgan fingerprint density at radius 2 is 1.92 bits per heavy atom. The van der Waals surface area contributed by atoms with Crippen LogP contribution in [0.25, 0.3) is 16.7 Å². The fourth-order valence-electron chi connectivity index (χ4n) is 4.71. The first kappa shape index (κ1) is 24.2. The molecule has 0 aliphatic heterocycles. The van der Waals surface area contributed by atoms with E-state index in [9.17, 15) is 9.59 Å². The van der Waals surface area contributed by atoms with Crippen LogP contribution in [0.5, 0.6) is 0 Å². The molecule has 1 N–H and O–H groups in total. The van der Waals surface area contributed by atoms with Gasteiger partial charge in [-0.25, -0.2) is 14.5 Å². The highest BCUT2D eigenvalue weighted by atomic mass is 32.1. The molecule has 1 aromatic carbocycles. The van der Waals surface area contributed by atoms with Crippen LogP contribution in [0.3, 0.4) is 0 Å². The van der Waals surface area contributed by atoms with Gasteiger partial charge in [0, 0.05) is 10.6 Å². The molecule has 4 aromatic rings. The zero-order valence-corrected chi connectivity index (χ0v) is 21.9. The smallest absolute Gasteiger partial charge is 0.341 e. The van der Waals surface area contributed by atoms with E-state index in [0.29, 0.717) is 38.5 Å². The van der Waals surface area contributed by atoms with Crippen LogP contribution in [0.1, 0.15) is 75.7 Å². The summed E-state index contributed by atoms with van der Waals surface area (Å²) in [6.45, 7) is 7.62. The van der Waals surface area contributed by atoms with Gasteiger partial charge in [-0.2, -0.15) is 5.10 Å². The lowest BCUT2D eigenvalue weighted by molar-refractivity contribution is 0.0335. The number of aryl methyl sites for hydroxylation is 3. The average Bonchev–Trinajstić information content (AvgIpc) is 3.40. The molecule has 8 heteroatoms. The minimum absolute atomic E-state index is 0.186. The number of nitrogens with one attached hydrogen (secondary N) is 1. The molecule has 3 aromatic heterocycles. The number of anilines is 1. The molecule has 0 unspecified atom stereocenters. The number of pyridine rings is 1. The Balaban J connectivity index is 1.56. The number of nitrogens with zero attached hydrogens (tertiary/aromatic N) is 3. The largest absolute Gasteiger partial charge is 0.459 e. The fourth-order valence-corrected chi connectivity index (χ4v) is 5.98. The summed E-state index contributed by atoms with van der Waals surface area (Å²) < 4.78 is 7.46. The second-order valence-corrected chi connectivity index (χ2v) is 10.4. The number of aromatic nitrogens is 3. The van der Waals surface area contributed by atoms with Crippen molar-refractivity contribution in [3.05, 3.63) is 69.4 Å². The number of benzene rings is 1. The van der Waals surface area contributed by atoms with Gasteiger partial charge in [-0.15, -0.1) is 11.3 Å². The minimum atomic E-state index is -0.358. The molecule has 1 aliphatic carbocycles. The van der Waals surface area contributed by atoms with E-state index < -0.39 is 0 Å². The van der Waals surface area contributed by atoms with E-state index >= 15 is 0 Å². The molecule has 3 heterocycles. The Morgan fingerprint density at radius 1 is 1.17 bits per heavy atom. The summed E-state index contributed by atoms with van der Waals surface area (Å²) >= 11 is 1.49. The summed E-state index contributed by atoms with van der Waals surface area (Å²) in [5.41, 5.74) is 4.97. The van der Waals surface area contributed by atoms with Crippen LogP contribution in [-0.2, 0) is 17.6 Å². The number of rotatable bonds is 6. The van der Waals surface area contributed by atoms with E-state index in [2.05, 4.69) is 5.32 Å². The summed E-state index contributed by atoms with van der Waals surface area (Å²) in [5.74, 6) is -0.638. The van der Waals surface area contributed by atoms with E-state index in [1.165, 1.54) is 11.3 Å². The maximum atomic E-state index is 13.7. The Labute approximate surface area is 214 Å². The zero-order valence-electron chi connectivity index (χ0n) is 21.1. The number of carbonyl (C=O) groups is 2. The zero-order chi connectivity index (χ0) is 25.4. The highest BCUT2D eigenvalue weighted by Crippen LogP contribution is 2.39. The number of thiophene rings is 1.